The molecule has 0 radical (unpaired) electrons. The topological polar surface area (TPSA) is 20.2 Å². The first-order valence-electron chi connectivity index (χ1n) is 4.59. The fourth-order valence-electron chi connectivity index (χ4n) is 1.57. The van der Waals surface area contributed by atoms with Gasteiger partial charge in [-0.05, 0) is 29.5 Å². The lowest BCUT2D eigenvalue weighted by molar-refractivity contribution is 0.299. The molecule has 0 heterocycles. The summed E-state index contributed by atoms with van der Waals surface area (Å²) in [6.45, 7) is 0.177. The van der Waals surface area contributed by atoms with Gasteiger partial charge in [0, 0.05) is 17.0 Å². The molecule has 0 unspecified atom stereocenters. The maximum atomic E-state index is 8.83. The van der Waals surface area contributed by atoms with Crippen molar-refractivity contribution in [2.24, 2.45) is 0 Å². The van der Waals surface area contributed by atoms with Crippen molar-refractivity contribution in [3.8, 4) is 0 Å². The monoisotopic (exact) mass is 206 g/mol. The van der Waals surface area contributed by atoms with Gasteiger partial charge in [0.05, 0.1) is 0 Å². The fourth-order valence-corrected chi connectivity index (χ4v) is 1.80. The molecule has 0 aliphatic rings. The molecular formula is C12H11ClO. The van der Waals surface area contributed by atoms with E-state index in [-0.39, 0.29) is 6.61 Å². The molecule has 2 rings (SSSR count). The summed E-state index contributed by atoms with van der Waals surface area (Å²) in [5.41, 5.74) is 1.12. The number of halogens is 1. The van der Waals surface area contributed by atoms with E-state index in [0.29, 0.717) is 6.42 Å². The molecule has 0 saturated carbocycles. The molecule has 1 nitrogen and oxygen atoms in total. The molecule has 2 aromatic carbocycles. The largest absolute Gasteiger partial charge is 0.396 e. The van der Waals surface area contributed by atoms with Gasteiger partial charge in [0.25, 0.3) is 0 Å². The van der Waals surface area contributed by atoms with Crippen LogP contribution in [0.15, 0.2) is 36.4 Å². The number of fused-ring (bicyclic) bond motifs is 1. The summed E-state index contributed by atoms with van der Waals surface area (Å²) < 4.78 is 0. The van der Waals surface area contributed by atoms with Crippen LogP contribution in [0.1, 0.15) is 5.56 Å². The highest BCUT2D eigenvalue weighted by Crippen LogP contribution is 2.24. The van der Waals surface area contributed by atoms with Crippen molar-refractivity contribution in [2.75, 3.05) is 6.61 Å². The Hall–Kier alpha value is -1.05. The summed E-state index contributed by atoms with van der Waals surface area (Å²) in [4.78, 5) is 0. The molecule has 14 heavy (non-hydrogen) atoms. The molecule has 0 saturated heterocycles. The average Bonchev–Trinajstić information content (AvgIpc) is 2.20. The van der Waals surface area contributed by atoms with Crippen molar-refractivity contribution < 1.29 is 5.11 Å². The average molecular weight is 207 g/mol. The Labute approximate surface area is 87.9 Å². The Morgan fingerprint density at radius 1 is 1.14 bits per heavy atom. The Balaban J connectivity index is 2.58. The van der Waals surface area contributed by atoms with E-state index in [0.717, 1.165) is 21.4 Å². The van der Waals surface area contributed by atoms with Crippen LogP contribution >= 0.6 is 11.6 Å². The highest BCUT2D eigenvalue weighted by Gasteiger charge is 1.99. The molecule has 0 bridgehead atoms. The zero-order chi connectivity index (χ0) is 9.97. The van der Waals surface area contributed by atoms with Crippen LogP contribution in [0.2, 0.25) is 5.02 Å². The number of aliphatic hydroxyl groups excluding tert-OH is 1. The van der Waals surface area contributed by atoms with Gasteiger partial charge in [-0.1, -0.05) is 35.9 Å². The third kappa shape index (κ3) is 1.74. The maximum absolute atomic E-state index is 8.83. The standard InChI is InChI=1S/C12H11ClO/c13-12-3-1-2-10-5-4-9(6-7-14)8-11(10)12/h1-5,8,14H,6-7H2. The van der Waals surface area contributed by atoms with Gasteiger partial charge in [0.1, 0.15) is 0 Å². The predicted octanol–water partition coefficient (Wildman–Crippen LogP) is 3.03. The fraction of sp³-hybridized carbons (Fsp3) is 0.167. The van der Waals surface area contributed by atoms with E-state index in [4.69, 9.17) is 16.7 Å². The Kier molecular flexibility index (Phi) is 2.71. The van der Waals surface area contributed by atoms with E-state index >= 15 is 0 Å². The first-order chi connectivity index (χ1) is 6.81. The number of aliphatic hydroxyl groups is 1. The first kappa shape index (κ1) is 9.50. The van der Waals surface area contributed by atoms with Crippen molar-refractivity contribution in [2.45, 2.75) is 6.42 Å². The summed E-state index contributed by atoms with van der Waals surface area (Å²) in [5, 5.41) is 11.8. The SMILES string of the molecule is OCCc1ccc2cccc(Cl)c2c1. The Bertz CT molecular complexity index is 451. The summed E-state index contributed by atoms with van der Waals surface area (Å²) >= 11 is 6.07. The maximum Gasteiger partial charge on any atom is 0.0484 e. The third-order valence-electron chi connectivity index (χ3n) is 2.29. The second-order valence-corrected chi connectivity index (χ2v) is 3.68. The van der Waals surface area contributed by atoms with Crippen molar-refractivity contribution in [1.29, 1.82) is 0 Å². The van der Waals surface area contributed by atoms with Gasteiger partial charge in [0.2, 0.25) is 0 Å². The molecule has 2 aromatic rings. The molecule has 0 aromatic heterocycles. The molecule has 1 N–H and O–H groups in total. The van der Waals surface area contributed by atoms with E-state index < -0.39 is 0 Å². The molecule has 0 atom stereocenters. The number of benzene rings is 2. The highest BCUT2D eigenvalue weighted by atomic mass is 35.5. The molecule has 0 aliphatic carbocycles. The highest BCUT2D eigenvalue weighted by molar-refractivity contribution is 6.35. The van der Waals surface area contributed by atoms with Gasteiger partial charge in [-0.15, -0.1) is 0 Å². The Morgan fingerprint density at radius 3 is 2.79 bits per heavy atom. The molecule has 2 heteroatoms. The van der Waals surface area contributed by atoms with Crippen molar-refractivity contribution >= 4 is 22.4 Å². The van der Waals surface area contributed by atoms with E-state index in [9.17, 15) is 0 Å². The molecular weight excluding hydrogens is 196 g/mol. The number of rotatable bonds is 2. The minimum Gasteiger partial charge on any atom is -0.396 e. The van der Waals surface area contributed by atoms with Crippen LogP contribution in [0.25, 0.3) is 10.8 Å². The second-order valence-electron chi connectivity index (χ2n) is 3.27. The van der Waals surface area contributed by atoms with E-state index in [1.807, 2.05) is 36.4 Å². The van der Waals surface area contributed by atoms with Gasteiger partial charge in [-0.3, -0.25) is 0 Å². The lowest BCUT2D eigenvalue weighted by Crippen LogP contribution is -1.90. The van der Waals surface area contributed by atoms with E-state index in [1.54, 1.807) is 0 Å². The first-order valence-corrected chi connectivity index (χ1v) is 4.97. The van der Waals surface area contributed by atoms with E-state index in [2.05, 4.69) is 0 Å². The molecule has 0 amide bonds. The van der Waals surface area contributed by atoms with Gasteiger partial charge in [-0.25, -0.2) is 0 Å². The van der Waals surface area contributed by atoms with Gasteiger partial charge in [-0.2, -0.15) is 0 Å². The number of hydrogen-bond donors (Lipinski definition) is 1. The van der Waals surface area contributed by atoms with Crippen molar-refractivity contribution in [3.63, 3.8) is 0 Å². The summed E-state index contributed by atoms with van der Waals surface area (Å²) in [5.74, 6) is 0. The van der Waals surface area contributed by atoms with E-state index in [1.165, 1.54) is 0 Å². The smallest absolute Gasteiger partial charge is 0.0484 e. The molecule has 0 spiro atoms. The lowest BCUT2D eigenvalue weighted by atomic mass is 10.1. The van der Waals surface area contributed by atoms with Gasteiger partial charge < -0.3 is 5.11 Å². The van der Waals surface area contributed by atoms with Crippen LogP contribution in [-0.4, -0.2) is 11.7 Å². The minimum absolute atomic E-state index is 0.177. The quantitative estimate of drug-likeness (QED) is 0.801. The normalized spacial score (nSPS) is 10.7. The molecule has 72 valence electrons. The lowest BCUT2D eigenvalue weighted by Gasteiger charge is -2.03. The van der Waals surface area contributed by atoms with Gasteiger partial charge >= 0.3 is 0 Å². The second kappa shape index (κ2) is 3.99. The summed E-state index contributed by atoms with van der Waals surface area (Å²) in [6.07, 6.45) is 0.682. The molecule has 0 fully saturated rings. The minimum atomic E-state index is 0.177. The zero-order valence-corrected chi connectivity index (χ0v) is 8.46. The molecule has 0 aliphatic heterocycles. The van der Waals surface area contributed by atoms with Crippen LogP contribution in [0, 0.1) is 0 Å². The zero-order valence-electron chi connectivity index (χ0n) is 7.70. The Morgan fingerprint density at radius 2 is 2.00 bits per heavy atom. The van der Waals surface area contributed by atoms with Crippen LogP contribution in [0.4, 0.5) is 0 Å². The number of hydrogen-bond acceptors (Lipinski definition) is 1. The predicted molar refractivity (Wildman–Crippen MR) is 59.7 cm³/mol. The van der Waals surface area contributed by atoms with Gasteiger partial charge in [0.15, 0.2) is 0 Å². The van der Waals surface area contributed by atoms with Crippen molar-refractivity contribution in [3.05, 3.63) is 47.0 Å². The summed E-state index contributed by atoms with van der Waals surface area (Å²) in [6, 6.07) is 11.9. The van der Waals surface area contributed by atoms with Crippen molar-refractivity contribution in [1.82, 2.24) is 0 Å². The summed E-state index contributed by atoms with van der Waals surface area (Å²) in [7, 11) is 0. The van der Waals surface area contributed by atoms with Crippen LogP contribution in [-0.2, 0) is 6.42 Å². The van der Waals surface area contributed by atoms with Crippen LogP contribution in [0.5, 0.6) is 0 Å². The van der Waals surface area contributed by atoms with Crippen LogP contribution < -0.4 is 0 Å². The van der Waals surface area contributed by atoms with Crippen LogP contribution in [0.3, 0.4) is 0 Å². The third-order valence-corrected chi connectivity index (χ3v) is 2.62.